The highest BCUT2D eigenvalue weighted by Gasteiger charge is 2.54. The van der Waals surface area contributed by atoms with Crippen LogP contribution in [0.1, 0.15) is 54.0 Å². The fourth-order valence-electron chi connectivity index (χ4n) is 6.58. The summed E-state index contributed by atoms with van der Waals surface area (Å²) < 4.78 is 60.9. The second kappa shape index (κ2) is 19.8. The minimum atomic E-state index is -5.03. The first kappa shape index (κ1) is 45.8. The van der Waals surface area contributed by atoms with Crippen LogP contribution in [0.4, 0.5) is 5.82 Å². The van der Waals surface area contributed by atoms with Crippen molar-refractivity contribution in [1.82, 2.24) is 48.8 Å². The number of nitrogens with one attached hydrogen (secondary N) is 1. The summed E-state index contributed by atoms with van der Waals surface area (Å²) >= 11 is 0. The largest absolute Gasteiger partial charge is 0.472 e. The van der Waals surface area contributed by atoms with Crippen LogP contribution in [0.15, 0.2) is 30.1 Å². The van der Waals surface area contributed by atoms with Crippen LogP contribution in [0.25, 0.3) is 22.3 Å². The number of H-pyrrole nitrogens is 1. The number of nitrogens with zero attached hydrogens (tertiary/aromatic N) is 9. The maximum absolute atomic E-state index is 13.0. The van der Waals surface area contributed by atoms with Crippen molar-refractivity contribution in [2.24, 2.45) is 0 Å². The van der Waals surface area contributed by atoms with Crippen LogP contribution in [-0.2, 0) is 36.7 Å². The Morgan fingerprint density at radius 2 is 1.16 bits per heavy atom. The molecule has 4 aromatic heterocycles. The van der Waals surface area contributed by atoms with Crippen molar-refractivity contribution in [2.75, 3.05) is 58.2 Å². The van der Waals surface area contributed by atoms with Crippen LogP contribution >= 0.6 is 15.6 Å². The quantitative estimate of drug-likeness (QED) is 0.133. The number of imidazole rings is 2. The van der Waals surface area contributed by atoms with Gasteiger partial charge in [0.15, 0.2) is 35.1 Å². The zero-order valence-electron chi connectivity index (χ0n) is 33.0. The Kier molecular flexibility index (Phi) is 15.6. The van der Waals surface area contributed by atoms with Crippen LogP contribution in [0.3, 0.4) is 0 Å². The SMILES string of the molecule is CCN(CC)CC.CCN(CC)CC.Nc1ncnc2c1ncn2C1OC2COP(=O)(O)OC3C(COP(=O)(O)OC2C1O)OC(n1cnc2c(=O)[nH]cnc21)C3O. The van der Waals surface area contributed by atoms with E-state index in [0.29, 0.717) is 0 Å². The second-order valence-corrected chi connectivity index (χ2v) is 16.0. The zero-order chi connectivity index (χ0) is 42.4. The summed E-state index contributed by atoms with van der Waals surface area (Å²) in [5.74, 6) is 0.0438. The molecule has 7 N–H and O–H groups in total. The number of hydrogen-bond acceptors (Lipinski definition) is 19. The molecule has 4 aromatic rings. The number of ether oxygens (including phenoxy) is 2. The maximum atomic E-state index is 13.0. The summed E-state index contributed by atoms with van der Waals surface area (Å²) in [6.45, 7) is 18.6. The average molecular weight is 862 g/mol. The molecule has 58 heavy (non-hydrogen) atoms. The normalized spacial score (nSPS) is 31.5. The lowest BCUT2D eigenvalue weighted by Crippen LogP contribution is -2.39. The summed E-state index contributed by atoms with van der Waals surface area (Å²) in [5, 5.41) is 22.2. The van der Waals surface area contributed by atoms with Crippen LogP contribution in [-0.4, -0.2) is 158 Å². The number of phosphoric ester groups is 2. The number of aromatic nitrogens is 8. The van der Waals surface area contributed by atoms with E-state index < -0.39 is 83.5 Å². The summed E-state index contributed by atoms with van der Waals surface area (Å²) in [7, 11) is -10.1. The van der Waals surface area contributed by atoms with Crippen LogP contribution in [0.2, 0.25) is 0 Å². The Morgan fingerprint density at radius 1 is 0.724 bits per heavy atom. The molecule has 24 nitrogen and oxygen atoms in total. The average Bonchev–Trinajstić information content (AvgIpc) is 3.97. The van der Waals surface area contributed by atoms with Gasteiger partial charge in [-0.25, -0.2) is 34.0 Å². The topological polar surface area (TPSA) is 310 Å². The van der Waals surface area contributed by atoms with E-state index in [1.807, 2.05) is 0 Å². The van der Waals surface area contributed by atoms with E-state index in [2.05, 4.69) is 81.2 Å². The standard InChI is InChI=1S/C20H23N9O13P2.2C6H15N/c21-15-9-16(23-3-22-15)28(5-26-9)19-11(30)13-7(39-19)1-37-44(35,36)42-14-8(2-38-43(33,34)41-13)40-20(12(14)31)29-6-27-10-17(29)24-4-25-18(10)32;2*1-4-7(5-2)6-3/h3-8,11-14,19-20,30-31H,1-2H2,(H,33,34)(H,35,36)(H2,21,22,23)(H,24,25,32);2*4-6H2,1-3H3. The molecule has 324 valence electrons. The lowest BCUT2D eigenvalue weighted by atomic mass is 10.1. The van der Waals surface area contributed by atoms with Gasteiger partial charge in [-0.2, -0.15) is 0 Å². The molecule has 3 aliphatic heterocycles. The molecule has 0 aliphatic carbocycles. The Balaban J connectivity index is 0.000000393. The maximum Gasteiger partial charge on any atom is 0.472 e. The van der Waals surface area contributed by atoms with Crippen LogP contribution in [0.5, 0.6) is 0 Å². The molecule has 3 saturated heterocycles. The van der Waals surface area contributed by atoms with Gasteiger partial charge >= 0.3 is 15.6 Å². The van der Waals surface area contributed by atoms with Crippen molar-refractivity contribution in [3.8, 4) is 0 Å². The minimum absolute atomic E-state index is 0.00367. The Hall–Kier alpha value is -3.32. The number of rotatable bonds is 8. The Morgan fingerprint density at radius 3 is 1.59 bits per heavy atom. The minimum Gasteiger partial charge on any atom is -0.386 e. The Labute approximate surface area is 333 Å². The van der Waals surface area contributed by atoms with Crippen molar-refractivity contribution >= 4 is 43.8 Å². The lowest BCUT2D eigenvalue weighted by Gasteiger charge is -2.27. The smallest absolute Gasteiger partial charge is 0.386 e. The zero-order valence-corrected chi connectivity index (χ0v) is 34.8. The first-order valence-corrected chi connectivity index (χ1v) is 21.9. The molecule has 0 spiro atoms. The van der Waals surface area contributed by atoms with E-state index in [1.54, 1.807) is 0 Å². The lowest BCUT2D eigenvalue weighted by molar-refractivity contribution is -0.0664. The van der Waals surface area contributed by atoms with Crippen molar-refractivity contribution in [3.05, 3.63) is 35.7 Å². The molecule has 10 unspecified atom stereocenters. The van der Waals surface area contributed by atoms with Crippen molar-refractivity contribution in [2.45, 2.75) is 90.6 Å². The number of anilines is 1. The van der Waals surface area contributed by atoms with E-state index in [0.717, 1.165) is 19.0 Å². The summed E-state index contributed by atoms with van der Waals surface area (Å²) in [5.41, 5.74) is 5.50. The van der Waals surface area contributed by atoms with Gasteiger partial charge in [0.1, 0.15) is 48.5 Å². The molecule has 0 aromatic carbocycles. The number of hydrogen-bond donors (Lipinski definition) is 6. The van der Waals surface area contributed by atoms with Crippen LogP contribution in [0, 0.1) is 0 Å². The molecule has 10 atom stereocenters. The van der Waals surface area contributed by atoms with Crippen molar-refractivity contribution in [3.63, 3.8) is 0 Å². The third-order valence-electron chi connectivity index (χ3n) is 9.92. The molecule has 7 heterocycles. The number of fused-ring (bicyclic) bond motifs is 4. The molecule has 3 aliphatic rings. The van der Waals surface area contributed by atoms with E-state index in [4.69, 9.17) is 33.3 Å². The van der Waals surface area contributed by atoms with Gasteiger partial charge < -0.3 is 50.0 Å². The third-order valence-corrected chi connectivity index (χ3v) is 11.9. The molecule has 0 radical (unpaired) electrons. The number of nitrogens with two attached hydrogens (primary N) is 1. The predicted molar refractivity (Wildman–Crippen MR) is 206 cm³/mol. The van der Waals surface area contributed by atoms with Gasteiger partial charge in [-0.1, -0.05) is 41.5 Å². The molecular formula is C32H53N11O13P2. The third kappa shape index (κ3) is 10.3. The monoisotopic (exact) mass is 861 g/mol. The van der Waals surface area contributed by atoms with Gasteiger partial charge in [-0.15, -0.1) is 0 Å². The molecule has 3 fully saturated rings. The fourth-order valence-corrected chi connectivity index (χ4v) is 8.51. The van der Waals surface area contributed by atoms with E-state index in [-0.39, 0.29) is 28.1 Å². The number of nitrogen functional groups attached to an aromatic ring is 1. The molecule has 0 amide bonds. The van der Waals surface area contributed by atoms with Crippen molar-refractivity contribution in [1.29, 1.82) is 0 Å². The van der Waals surface area contributed by atoms with Gasteiger partial charge in [-0.3, -0.25) is 32.0 Å². The first-order valence-electron chi connectivity index (χ1n) is 18.9. The number of phosphoric acid groups is 2. The second-order valence-electron chi connectivity index (χ2n) is 13.2. The summed E-state index contributed by atoms with van der Waals surface area (Å²) in [6, 6.07) is 0. The highest BCUT2D eigenvalue weighted by Crippen LogP contribution is 2.53. The van der Waals surface area contributed by atoms with Crippen molar-refractivity contribution < 1.29 is 56.7 Å². The predicted octanol–water partition coefficient (Wildman–Crippen LogP) is 0.773. The Bertz CT molecular complexity index is 2080. The number of aromatic amines is 1. The molecular weight excluding hydrogens is 808 g/mol. The molecule has 26 heteroatoms. The van der Waals surface area contributed by atoms with Gasteiger partial charge in [0.05, 0.1) is 32.2 Å². The van der Waals surface area contributed by atoms with Gasteiger partial charge in [0.2, 0.25) is 0 Å². The number of aliphatic hydroxyl groups excluding tert-OH is 2. The fraction of sp³-hybridized carbons (Fsp3) is 0.688. The number of aliphatic hydroxyl groups is 2. The summed E-state index contributed by atoms with van der Waals surface area (Å²) in [6.07, 6.45) is -7.73. The van der Waals surface area contributed by atoms with E-state index in [9.17, 15) is 33.9 Å². The summed E-state index contributed by atoms with van der Waals surface area (Å²) in [4.78, 5) is 60.3. The molecule has 0 saturated carbocycles. The van der Waals surface area contributed by atoms with Crippen LogP contribution < -0.4 is 11.3 Å². The molecule has 7 rings (SSSR count). The van der Waals surface area contributed by atoms with E-state index >= 15 is 0 Å². The van der Waals surface area contributed by atoms with Gasteiger partial charge in [0.25, 0.3) is 5.56 Å². The highest BCUT2D eigenvalue weighted by atomic mass is 31.2. The van der Waals surface area contributed by atoms with Gasteiger partial charge in [-0.05, 0) is 39.3 Å². The first-order chi connectivity index (χ1) is 27.6. The van der Waals surface area contributed by atoms with Gasteiger partial charge in [0, 0.05) is 0 Å². The molecule has 0 bridgehead atoms. The highest BCUT2D eigenvalue weighted by molar-refractivity contribution is 7.47. The van der Waals surface area contributed by atoms with E-state index in [1.165, 1.54) is 54.7 Å².